The predicted molar refractivity (Wildman–Crippen MR) is 119 cm³/mol. The van der Waals surface area contributed by atoms with Gasteiger partial charge in [-0.3, -0.25) is 14.4 Å². The minimum atomic E-state index is -0.786. The van der Waals surface area contributed by atoms with Gasteiger partial charge in [0.05, 0.1) is 31.1 Å². The normalized spacial score (nSPS) is 10.4. The average Bonchev–Trinajstić information content (AvgIpc) is 3.28. The van der Waals surface area contributed by atoms with E-state index in [1.807, 2.05) is 0 Å². The highest BCUT2D eigenvalue weighted by Gasteiger charge is 2.22. The summed E-state index contributed by atoms with van der Waals surface area (Å²) in [7, 11) is 4.45. The Balaban J connectivity index is 1.76. The van der Waals surface area contributed by atoms with E-state index < -0.39 is 17.7 Å². The van der Waals surface area contributed by atoms with Crippen LogP contribution in [0.3, 0.4) is 0 Å². The summed E-state index contributed by atoms with van der Waals surface area (Å²) < 4.78 is 10.4. The highest BCUT2D eigenvalue weighted by molar-refractivity contribution is 6.34. The standard InChI is InChI=1S/C21H20ClN5O5/c1-27(21(30)18-17(19(23)28)24-10-25-18)12-6-4-11(5-7-12)26-20(29)13-8-15(31-2)16(32-3)9-14(13)22/h4-10H,1-3H3,(H2,23,28)(H,24,25)(H,26,29). The molecule has 0 saturated heterocycles. The number of primary amides is 1. The number of hydrogen-bond acceptors (Lipinski definition) is 6. The van der Waals surface area contributed by atoms with Gasteiger partial charge in [0.1, 0.15) is 5.69 Å². The van der Waals surface area contributed by atoms with Crippen LogP contribution in [0.1, 0.15) is 31.3 Å². The van der Waals surface area contributed by atoms with Crippen molar-refractivity contribution in [1.82, 2.24) is 9.97 Å². The summed E-state index contributed by atoms with van der Waals surface area (Å²) in [6.07, 6.45) is 1.22. The molecule has 0 saturated carbocycles. The van der Waals surface area contributed by atoms with Gasteiger partial charge in [0.15, 0.2) is 17.2 Å². The number of nitrogens with zero attached hydrogens (tertiary/aromatic N) is 2. The Hall–Kier alpha value is -4.05. The average molecular weight is 458 g/mol. The monoisotopic (exact) mass is 457 g/mol. The molecule has 0 aliphatic carbocycles. The molecular formula is C21H20ClN5O5. The van der Waals surface area contributed by atoms with Crippen molar-refractivity contribution in [3.8, 4) is 11.5 Å². The predicted octanol–water partition coefficient (Wildman–Crippen LogP) is 2.71. The van der Waals surface area contributed by atoms with Crippen molar-refractivity contribution in [2.45, 2.75) is 0 Å². The number of aromatic nitrogens is 2. The van der Waals surface area contributed by atoms with Crippen LogP contribution in [0.5, 0.6) is 11.5 Å². The molecule has 0 radical (unpaired) electrons. The first-order valence-electron chi connectivity index (χ1n) is 9.21. The van der Waals surface area contributed by atoms with Crippen LogP contribution in [0.4, 0.5) is 11.4 Å². The maximum Gasteiger partial charge on any atom is 0.279 e. The van der Waals surface area contributed by atoms with Gasteiger partial charge in [-0.2, -0.15) is 0 Å². The molecule has 32 heavy (non-hydrogen) atoms. The third-order valence-corrected chi connectivity index (χ3v) is 4.94. The molecule has 0 atom stereocenters. The topological polar surface area (TPSA) is 140 Å². The molecule has 10 nitrogen and oxygen atoms in total. The molecule has 0 spiro atoms. The second kappa shape index (κ2) is 9.40. The van der Waals surface area contributed by atoms with E-state index in [4.69, 9.17) is 26.8 Å². The van der Waals surface area contributed by atoms with Gasteiger partial charge in [0.25, 0.3) is 17.7 Å². The van der Waals surface area contributed by atoms with Crippen LogP contribution in [0.15, 0.2) is 42.7 Å². The molecule has 1 aromatic heterocycles. The van der Waals surface area contributed by atoms with Crippen molar-refractivity contribution < 1.29 is 23.9 Å². The van der Waals surface area contributed by atoms with Gasteiger partial charge in [-0.05, 0) is 30.3 Å². The Morgan fingerprint density at radius 3 is 2.31 bits per heavy atom. The number of amides is 3. The minimum Gasteiger partial charge on any atom is -0.493 e. The van der Waals surface area contributed by atoms with Gasteiger partial charge in [-0.1, -0.05) is 11.6 Å². The molecule has 3 rings (SSSR count). The van der Waals surface area contributed by atoms with Gasteiger partial charge in [-0.25, -0.2) is 4.98 Å². The maximum absolute atomic E-state index is 12.7. The van der Waals surface area contributed by atoms with Crippen molar-refractivity contribution in [3.63, 3.8) is 0 Å². The largest absolute Gasteiger partial charge is 0.493 e. The third kappa shape index (κ3) is 4.49. The lowest BCUT2D eigenvalue weighted by atomic mass is 10.1. The molecule has 0 bridgehead atoms. The smallest absolute Gasteiger partial charge is 0.279 e. The van der Waals surface area contributed by atoms with Crippen LogP contribution in [0, 0.1) is 0 Å². The minimum absolute atomic E-state index is 0.0717. The molecule has 0 unspecified atom stereocenters. The van der Waals surface area contributed by atoms with Crippen molar-refractivity contribution in [2.24, 2.45) is 5.73 Å². The van der Waals surface area contributed by atoms with Crippen molar-refractivity contribution >= 4 is 40.7 Å². The summed E-state index contributed by atoms with van der Waals surface area (Å²) in [6.45, 7) is 0. The van der Waals surface area contributed by atoms with Gasteiger partial charge in [-0.15, -0.1) is 0 Å². The number of methoxy groups -OCH3 is 2. The number of hydrogen-bond donors (Lipinski definition) is 3. The molecule has 0 fully saturated rings. The maximum atomic E-state index is 12.7. The zero-order valence-electron chi connectivity index (χ0n) is 17.4. The number of H-pyrrole nitrogens is 1. The van der Waals surface area contributed by atoms with Crippen LogP contribution in [-0.4, -0.2) is 49.0 Å². The van der Waals surface area contributed by atoms with E-state index >= 15 is 0 Å². The van der Waals surface area contributed by atoms with E-state index in [0.717, 1.165) is 0 Å². The number of aromatic amines is 1. The van der Waals surface area contributed by atoms with Crippen LogP contribution < -0.4 is 25.4 Å². The van der Waals surface area contributed by atoms with Crippen LogP contribution in [0.2, 0.25) is 5.02 Å². The molecular weight excluding hydrogens is 438 g/mol. The molecule has 4 N–H and O–H groups in total. The third-order valence-electron chi connectivity index (χ3n) is 4.62. The molecule has 1 heterocycles. The number of nitrogens with two attached hydrogens (primary N) is 1. The second-order valence-electron chi connectivity index (χ2n) is 6.54. The van der Waals surface area contributed by atoms with E-state index in [1.54, 1.807) is 24.3 Å². The Kier molecular flexibility index (Phi) is 6.64. The molecule has 3 aromatic rings. The lowest BCUT2D eigenvalue weighted by molar-refractivity contribution is 0.0958. The summed E-state index contributed by atoms with van der Waals surface area (Å²) in [5.41, 5.74) is 6.29. The van der Waals surface area contributed by atoms with Gasteiger partial charge >= 0.3 is 0 Å². The number of halogens is 1. The van der Waals surface area contributed by atoms with Crippen LogP contribution >= 0.6 is 11.6 Å². The summed E-state index contributed by atoms with van der Waals surface area (Å²) in [6, 6.07) is 9.46. The van der Waals surface area contributed by atoms with Crippen molar-refractivity contribution in [1.29, 1.82) is 0 Å². The van der Waals surface area contributed by atoms with Gasteiger partial charge in [0, 0.05) is 24.5 Å². The zero-order valence-corrected chi connectivity index (χ0v) is 18.2. The Morgan fingerprint density at radius 2 is 1.72 bits per heavy atom. The molecule has 2 aromatic carbocycles. The van der Waals surface area contributed by atoms with E-state index in [-0.39, 0.29) is 22.0 Å². The number of carbonyl (C=O) groups is 3. The Labute approximate surface area is 188 Å². The fourth-order valence-electron chi connectivity index (χ4n) is 2.92. The first-order chi connectivity index (χ1) is 15.3. The molecule has 3 amide bonds. The fourth-order valence-corrected chi connectivity index (χ4v) is 3.15. The summed E-state index contributed by atoms with van der Waals surface area (Å²) in [4.78, 5) is 44.5. The van der Waals surface area contributed by atoms with Crippen molar-refractivity contribution in [2.75, 3.05) is 31.5 Å². The van der Waals surface area contributed by atoms with E-state index in [9.17, 15) is 14.4 Å². The lowest BCUT2D eigenvalue weighted by Gasteiger charge is -2.17. The zero-order chi connectivity index (χ0) is 23.4. The first-order valence-corrected chi connectivity index (χ1v) is 9.58. The van der Waals surface area contributed by atoms with E-state index in [0.29, 0.717) is 22.9 Å². The van der Waals surface area contributed by atoms with Gasteiger partial charge in [0.2, 0.25) is 0 Å². The highest BCUT2D eigenvalue weighted by Crippen LogP contribution is 2.33. The SMILES string of the molecule is COc1cc(Cl)c(C(=O)Nc2ccc(N(C)C(=O)c3nc[nH]c3C(N)=O)cc2)cc1OC. The second-order valence-corrected chi connectivity index (χ2v) is 6.95. The molecule has 0 aliphatic heterocycles. The molecule has 11 heteroatoms. The first kappa shape index (κ1) is 22.6. The fraction of sp³-hybridized carbons (Fsp3) is 0.143. The molecule has 166 valence electrons. The molecule has 0 aliphatic rings. The van der Waals surface area contributed by atoms with E-state index in [1.165, 1.54) is 44.6 Å². The highest BCUT2D eigenvalue weighted by atomic mass is 35.5. The Bertz CT molecular complexity index is 1180. The number of anilines is 2. The lowest BCUT2D eigenvalue weighted by Crippen LogP contribution is -2.29. The number of carbonyl (C=O) groups excluding carboxylic acids is 3. The quantitative estimate of drug-likeness (QED) is 0.498. The van der Waals surface area contributed by atoms with Gasteiger partial charge < -0.3 is 30.4 Å². The number of imidazole rings is 1. The number of benzene rings is 2. The number of rotatable bonds is 7. The number of nitrogens with one attached hydrogen (secondary N) is 2. The number of ether oxygens (including phenoxy) is 2. The summed E-state index contributed by atoms with van der Waals surface area (Å²) in [5, 5.41) is 2.93. The van der Waals surface area contributed by atoms with E-state index in [2.05, 4.69) is 15.3 Å². The Morgan fingerprint density at radius 1 is 1.09 bits per heavy atom. The summed E-state index contributed by atoms with van der Waals surface area (Å²) in [5.74, 6) is -0.982. The van der Waals surface area contributed by atoms with Crippen LogP contribution in [-0.2, 0) is 0 Å². The van der Waals surface area contributed by atoms with Crippen LogP contribution in [0.25, 0.3) is 0 Å². The summed E-state index contributed by atoms with van der Waals surface area (Å²) >= 11 is 6.20. The van der Waals surface area contributed by atoms with Crippen molar-refractivity contribution in [3.05, 3.63) is 64.7 Å².